The fourth-order valence-corrected chi connectivity index (χ4v) is 3.75. The van der Waals surface area contributed by atoms with Crippen LogP contribution in [-0.2, 0) is 16.0 Å². The average molecular weight is 289 g/mol. The van der Waals surface area contributed by atoms with Crippen LogP contribution in [0.3, 0.4) is 0 Å². The maximum Gasteiger partial charge on any atom is 0.326 e. The zero-order valence-electron chi connectivity index (χ0n) is 10.9. The predicted molar refractivity (Wildman–Crippen MR) is 77.9 cm³/mol. The Morgan fingerprint density at radius 2 is 2.15 bits per heavy atom. The first kappa shape index (κ1) is 13.1. The van der Waals surface area contributed by atoms with Gasteiger partial charge in [0.05, 0.1) is 6.42 Å². The minimum absolute atomic E-state index is 0.0820. The molecule has 5 heteroatoms. The minimum atomic E-state index is -0.896. The average Bonchev–Trinajstić information content (AvgIpc) is 3.04. The molecular weight excluding hydrogens is 274 g/mol. The third-order valence-corrected chi connectivity index (χ3v) is 4.78. The molecule has 0 aliphatic carbocycles. The molecule has 1 atom stereocenters. The Kier molecular flexibility index (Phi) is 3.44. The molecule has 20 heavy (non-hydrogen) atoms. The summed E-state index contributed by atoms with van der Waals surface area (Å²) in [6.07, 6.45) is 1.63. The van der Waals surface area contributed by atoms with Gasteiger partial charge >= 0.3 is 5.97 Å². The van der Waals surface area contributed by atoms with E-state index in [2.05, 4.69) is 0 Å². The molecule has 1 aliphatic heterocycles. The normalized spacial score (nSPS) is 18.6. The van der Waals surface area contributed by atoms with Crippen LogP contribution in [0.2, 0.25) is 0 Å². The summed E-state index contributed by atoms with van der Waals surface area (Å²) >= 11 is 1.60. The van der Waals surface area contributed by atoms with Gasteiger partial charge in [-0.2, -0.15) is 0 Å². The van der Waals surface area contributed by atoms with Crippen LogP contribution in [0.4, 0.5) is 0 Å². The van der Waals surface area contributed by atoms with Crippen LogP contribution in [0.1, 0.15) is 17.7 Å². The van der Waals surface area contributed by atoms with Gasteiger partial charge in [-0.3, -0.25) is 4.79 Å². The number of benzene rings is 1. The summed E-state index contributed by atoms with van der Waals surface area (Å²) in [5, 5.41) is 10.3. The lowest BCUT2D eigenvalue weighted by atomic mass is 10.2. The van der Waals surface area contributed by atoms with Gasteiger partial charge in [0.2, 0.25) is 5.91 Å². The summed E-state index contributed by atoms with van der Waals surface area (Å²) in [5.41, 5.74) is 0. The number of amides is 1. The lowest BCUT2D eigenvalue weighted by molar-refractivity contribution is -0.147. The van der Waals surface area contributed by atoms with Gasteiger partial charge in [-0.15, -0.1) is 11.3 Å². The number of rotatable bonds is 3. The summed E-state index contributed by atoms with van der Waals surface area (Å²) in [7, 11) is 0. The molecular formula is C15H15NO3S. The topological polar surface area (TPSA) is 57.6 Å². The molecule has 0 radical (unpaired) electrons. The highest BCUT2D eigenvalue weighted by Gasteiger charge is 2.33. The maximum absolute atomic E-state index is 12.3. The highest BCUT2D eigenvalue weighted by molar-refractivity contribution is 7.19. The number of nitrogens with zero attached hydrogens (tertiary/aromatic N) is 1. The van der Waals surface area contributed by atoms with Crippen LogP contribution in [0.15, 0.2) is 30.3 Å². The van der Waals surface area contributed by atoms with Gasteiger partial charge in [0, 0.05) is 16.1 Å². The highest BCUT2D eigenvalue weighted by Crippen LogP contribution is 2.27. The molecule has 1 aliphatic rings. The Morgan fingerprint density at radius 1 is 1.35 bits per heavy atom. The maximum atomic E-state index is 12.3. The van der Waals surface area contributed by atoms with Crippen LogP contribution < -0.4 is 0 Å². The zero-order valence-corrected chi connectivity index (χ0v) is 11.7. The first-order valence-electron chi connectivity index (χ1n) is 6.65. The molecule has 2 aromatic rings. The van der Waals surface area contributed by atoms with Crippen LogP contribution in [-0.4, -0.2) is 34.5 Å². The van der Waals surface area contributed by atoms with E-state index in [1.807, 2.05) is 30.3 Å². The molecule has 104 valence electrons. The Bertz CT molecular complexity index is 631. The molecule has 1 aromatic heterocycles. The van der Waals surface area contributed by atoms with Crippen LogP contribution in [0, 0.1) is 0 Å². The molecule has 0 saturated carbocycles. The van der Waals surface area contributed by atoms with Gasteiger partial charge < -0.3 is 10.0 Å². The fourth-order valence-electron chi connectivity index (χ4n) is 2.70. The molecule has 1 N–H and O–H groups in total. The van der Waals surface area contributed by atoms with E-state index in [1.54, 1.807) is 11.3 Å². The number of hydrogen-bond donors (Lipinski definition) is 1. The largest absolute Gasteiger partial charge is 0.480 e. The van der Waals surface area contributed by atoms with Crippen molar-refractivity contribution < 1.29 is 14.7 Å². The quantitative estimate of drug-likeness (QED) is 0.944. The van der Waals surface area contributed by atoms with Crippen LogP contribution in [0.25, 0.3) is 10.1 Å². The highest BCUT2D eigenvalue weighted by atomic mass is 32.1. The summed E-state index contributed by atoms with van der Waals surface area (Å²) in [4.78, 5) is 25.9. The van der Waals surface area contributed by atoms with Crippen molar-refractivity contribution in [3.63, 3.8) is 0 Å². The summed E-state index contributed by atoms with van der Waals surface area (Å²) in [5.74, 6) is -0.978. The van der Waals surface area contributed by atoms with Gasteiger partial charge in [0.1, 0.15) is 6.04 Å². The van der Waals surface area contributed by atoms with Crippen molar-refractivity contribution in [2.75, 3.05) is 6.54 Å². The summed E-state index contributed by atoms with van der Waals surface area (Å²) in [6.45, 7) is 0.556. The lowest BCUT2D eigenvalue weighted by Crippen LogP contribution is -2.41. The number of carbonyl (C=O) groups is 2. The van der Waals surface area contributed by atoms with Crippen molar-refractivity contribution in [3.8, 4) is 0 Å². The Labute approximate surface area is 120 Å². The van der Waals surface area contributed by atoms with E-state index in [1.165, 1.54) is 4.90 Å². The van der Waals surface area contributed by atoms with Crippen molar-refractivity contribution in [2.24, 2.45) is 0 Å². The predicted octanol–water partition coefficient (Wildman–Crippen LogP) is 2.52. The van der Waals surface area contributed by atoms with E-state index in [0.29, 0.717) is 19.4 Å². The van der Waals surface area contributed by atoms with Crippen molar-refractivity contribution in [1.29, 1.82) is 0 Å². The number of aliphatic carboxylic acids is 1. The molecule has 1 fully saturated rings. The number of carboxylic acid groups (broad SMARTS) is 1. The molecule has 4 nitrogen and oxygen atoms in total. The number of likely N-dealkylation sites (tertiary alicyclic amines) is 1. The van der Waals surface area contributed by atoms with E-state index >= 15 is 0 Å². The first-order valence-corrected chi connectivity index (χ1v) is 7.46. The third kappa shape index (κ3) is 2.41. The van der Waals surface area contributed by atoms with Crippen LogP contribution >= 0.6 is 11.3 Å². The van der Waals surface area contributed by atoms with Gasteiger partial charge in [0.25, 0.3) is 0 Å². The molecule has 2 heterocycles. The second-order valence-corrected chi connectivity index (χ2v) is 6.18. The number of carboxylic acids is 1. The Morgan fingerprint density at radius 3 is 2.90 bits per heavy atom. The van der Waals surface area contributed by atoms with E-state index in [9.17, 15) is 9.59 Å². The number of hydrogen-bond acceptors (Lipinski definition) is 3. The number of thiophene rings is 1. The lowest BCUT2D eigenvalue weighted by Gasteiger charge is -2.20. The molecule has 0 spiro atoms. The monoisotopic (exact) mass is 289 g/mol. The molecule has 3 rings (SSSR count). The SMILES string of the molecule is O=C(O)[C@@H]1CCCN1C(=O)Cc1cc2ccccc2s1. The van der Waals surface area contributed by atoms with E-state index < -0.39 is 12.0 Å². The van der Waals surface area contributed by atoms with Gasteiger partial charge in [-0.25, -0.2) is 4.79 Å². The van der Waals surface area contributed by atoms with Crippen molar-refractivity contribution >= 4 is 33.3 Å². The van der Waals surface area contributed by atoms with Gasteiger partial charge in [0.15, 0.2) is 0 Å². The van der Waals surface area contributed by atoms with E-state index in [0.717, 1.165) is 21.4 Å². The molecule has 1 aromatic carbocycles. The second-order valence-electron chi connectivity index (χ2n) is 5.01. The zero-order chi connectivity index (χ0) is 14.1. The standard InChI is InChI=1S/C15H15NO3S/c17-14(16-7-3-5-12(16)15(18)19)9-11-8-10-4-1-2-6-13(10)20-11/h1-2,4,6,8,12H,3,5,7,9H2,(H,18,19)/t12-/m0/s1. The Hall–Kier alpha value is -1.88. The third-order valence-electron chi connectivity index (χ3n) is 3.66. The smallest absolute Gasteiger partial charge is 0.326 e. The Balaban J connectivity index is 1.76. The summed E-state index contributed by atoms with van der Waals surface area (Å²) in [6, 6.07) is 9.38. The van der Waals surface area contributed by atoms with Crippen LogP contribution in [0.5, 0.6) is 0 Å². The van der Waals surface area contributed by atoms with E-state index in [4.69, 9.17) is 5.11 Å². The van der Waals surface area contributed by atoms with Gasteiger partial charge in [-0.05, 0) is 30.4 Å². The minimum Gasteiger partial charge on any atom is -0.480 e. The molecule has 0 bridgehead atoms. The number of fused-ring (bicyclic) bond motifs is 1. The fraction of sp³-hybridized carbons (Fsp3) is 0.333. The summed E-state index contributed by atoms with van der Waals surface area (Å²) < 4.78 is 1.16. The van der Waals surface area contributed by atoms with Gasteiger partial charge in [-0.1, -0.05) is 18.2 Å². The molecule has 1 amide bonds. The number of carbonyl (C=O) groups excluding carboxylic acids is 1. The second kappa shape index (κ2) is 5.25. The van der Waals surface area contributed by atoms with Crippen molar-refractivity contribution in [2.45, 2.75) is 25.3 Å². The van der Waals surface area contributed by atoms with Crippen molar-refractivity contribution in [3.05, 3.63) is 35.2 Å². The first-order chi connectivity index (χ1) is 9.65. The molecule has 0 unspecified atom stereocenters. The van der Waals surface area contributed by atoms with E-state index in [-0.39, 0.29) is 5.91 Å². The van der Waals surface area contributed by atoms with Crippen molar-refractivity contribution in [1.82, 2.24) is 4.90 Å². The molecule has 1 saturated heterocycles.